The van der Waals surface area contributed by atoms with Gasteiger partial charge in [-0.25, -0.2) is 18.4 Å². The molecule has 2 saturated heterocycles. The molecule has 2 aliphatic rings. The number of hydrogen-bond acceptors (Lipinski definition) is 8. The first kappa shape index (κ1) is 25.4. The minimum atomic E-state index is -1.17. The van der Waals surface area contributed by atoms with Crippen molar-refractivity contribution in [2.45, 2.75) is 31.5 Å². The zero-order valence-corrected chi connectivity index (χ0v) is 20.4. The second-order valence-electron chi connectivity index (χ2n) is 8.42. The molecule has 4 rings (SSSR count). The second kappa shape index (κ2) is 10.9. The van der Waals surface area contributed by atoms with Crippen LogP contribution in [0.5, 0.6) is 11.6 Å². The number of aromatic nitrogens is 1. The number of carbonyl (C=O) groups excluding carboxylic acids is 2. The van der Waals surface area contributed by atoms with Crippen LogP contribution in [0.25, 0.3) is 0 Å². The van der Waals surface area contributed by atoms with Gasteiger partial charge in [-0.15, -0.1) is 4.37 Å². The van der Waals surface area contributed by atoms with Gasteiger partial charge in [0, 0.05) is 43.3 Å². The largest absolute Gasteiger partial charge is 0.469 e. The molecule has 0 saturated carbocycles. The molecule has 2 atom stereocenters. The number of nitrogens with one attached hydrogen (secondary N) is 2. The molecule has 10 nitrogen and oxygen atoms in total. The van der Waals surface area contributed by atoms with E-state index >= 15 is 0 Å². The molecule has 0 aliphatic carbocycles. The summed E-state index contributed by atoms with van der Waals surface area (Å²) in [6.45, 7) is 2.90. The number of anilines is 1. The van der Waals surface area contributed by atoms with E-state index < -0.39 is 35.9 Å². The number of hydrogen-bond donors (Lipinski definition) is 3. The predicted octanol–water partition coefficient (Wildman–Crippen LogP) is 3.01. The number of rotatable bonds is 9. The Hall–Kier alpha value is -2.74. The van der Waals surface area contributed by atoms with Gasteiger partial charge in [0.15, 0.2) is 5.00 Å². The number of ether oxygens (including phenoxy) is 2. The number of piperazine rings is 1. The fourth-order valence-corrected chi connectivity index (χ4v) is 5.18. The van der Waals surface area contributed by atoms with Crippen LogP contribution >= 0.6 is 23.1 Å². The predicted molar refractivity (Wildman–Crippen MR) is 126 cm³/mol. The van der Waals surface area contributed by atoms with Crippen LogP contribution in [-0.4, -0.2) is 71.6 Å². The van der Waals surface area contributed by atoms with Crippen LogP contribution in [0.1, 0.15) is 18.4 Å². The van der Waals surface area contributed by atoms with Gasteiger partial charge in [-0.3, -0.25) is 10.2 Å². The average molecular weight is 531 g/mol. The fraction of sp³-hybridized carbons (Fsp3) is 0.476. The van der Waals surface area contributed by atoms with E-state index in [1.54, 1.807) is 0 Å². The standard InChI is InChI=1S/C21H25ClF2N6O4S/c1-29-8-13-7-12(29)9-30(13)4-2-3-26-21(32)27-19-17(34-20(25)31)18(28-35-19)33-10-14-15(23)5-11(22)6-16(14)24/h5-6,12-13H,2-4,7-10H2,1H3,(H2,25,31)(H2,26,27,32). The third-order valence-electron chi connectivity index (χ3n) is 6.04. The van der Waals surface area contributed by atoms with Crippen LogP contribution in [0, 0.1) is 11.6 Å². The lowest BCUT2D eigenvalue weighted by Crippen LogP contribution is -2.45. The molecule has 0 radical (unpaired) electrons. The van der Waals surface area contributed by atoms with Crippen molar-refractivity contribution in [1.82, 2.24) is 19.5 Å². The number of fused-ring (bicyclic) bond motifs is 2. The summed E-state index contributed by atoms with van der Waals surface area (Å²) < 4.78 is 42.2. The number of benzene rings is 1. The summed E-state index contributed by atoms with van der Waals surface area (Å²) >= 11 is 6.38. The Morgan fingerprint density at radius 2 is 2.03 bits per heavy atom. The van der Waals surface area contributed by atoms with Crippen molar-refractivity contribution < 1.29 is 27.8 Å². The summed E-state index contributed by atoms with van der Waals surface area (Å²) in [5.74, 6) is -2.33. The Kier molecular flexibility index (Phi) is 7.89. The number of nitrogens with zero attached hydrogens (tertiary/aromatic N) is 3. The normalized spacial score (nSPS) is 19.7. The summed E-state index contributed by atoms with van der Waals surface area (Å²) in [4.78, 5) is 28.5. The number of carbonyl (C=O) groups is 2. The Balaban J connectivity index is 1.30. The molecular formula is C21H25ClF2N6O4S. The molecule has 3 heterocycles. The van der Waals surface area contributed by atoms with E-state index in [4.69, 9.17) is 26.8 Å². The van der Waals surface area contributed by atoms with Crippen molar-refractivity contribution in [2.75, 3.05) is 38.5 Å². The number of nitrogens with two attached hydrogens (primary N) is 1. The lowest BCUT2D eigenvalue weighted by Gasteiger charge is -2.31. The maximum atomic E-state index is 14.0. The molecule has 4 N–H and O–H groups in total. The summed E-state index contributed by atoms with van der Waals surface area (Å²) in [7, 11) is 2.15. The van der Waals surface area contributed by atoms with Crippen molar-refractivity contribution in [3.8, 4) is 11.6 Å². The van der Waals surface area contributed by atoms with Gasteiger partial charge in [0.25, 0.3) is 5.88 Å². The summed E-state index contributed by atoms with van der Waals surface area (Å²) in [5.41, 5.74) is 4.72. The van der Waals surface area contributed by atoms with E-state index in [9.17, 15) is 18.4 Å². The smallest absolute Gasteiger partial charge is 0.410 e. The molecule has 2 aliphatic heterocycles. The zero-order valence-electron chi connectivity index (χ0n) is 18.9. The second-order valence-corrected chi connectivity index (χ2v) is 9.63. The summed E-state index contributed by atoms with van der Waals surface area (Å²) in [6.07, 6.45) is 0.799. The van der Waals surface area contributed by atoms with Gasteiger partial charge in [0.2, 0.25) is 5.75 Å². The molecule has 35 heavy (non-hydrogen) atoms. The van der Waals surface area contributed by atoms with Gasteiger partial charge in [-0.2, -0.15) is 0 Å². The molecule has 2 bridgehead atoms. The molecule has 0 spiro atoms. The van der Waals surface area contributed by atoms with Gasteiger partial charge in [-0.1, -0.05) is 11.6 Å². The number of amides is 3. The van der Waals surface area contributed by atoms with Gasteiger partial charge in [-0.05, 0) is 43.6 Å². The van der Waals surface area contributed by atoms with E-state index in [0.29, 0.717) is 18.6 Å². The monoisotopic (exact) mass is 530 g/mol. The minimum absolute atomic E-state index is 0.0493. The highest BCUT2D eigenvalue weighted by atomic mass is 35.5. The number of urea groups is 1. The van der Waals surface area contributed by atoms with Crippen molar-refractivity contribution in [3.05, 3.63) is 34.4 Å². The van der Waals surface area contributed by atoms with Crippen molar-refractivity contribution >= 4 is 40.3 Å². The van der Waals surface area contributed by atoms with Crippen molar-refractivity contribution in [1.29, 1.82) is 0 Å². The molecular weight excluding hydrogens is 506 g/mol. The lowest BCUT2D eigenvalue weighted by atomic mass is 10.2. The lowest BCUT2D eigenvalue weighted by molar-refractivity contribution is 0.148. The van der Waals surface area contributed by atoms with E-state index in [1.165, 1.54) is 6.42 Å². The Labute approximate surface area is 209 Å². The fourth-order valence-electron chi connectivity index (χ4n) is 4.33. The van der Waals surface area contributed by atoms with E-state index in [2.05, 4.69) is 31.9 Å². The highest BCUT2D eigenvalue weighted by Crippen LogP contribution is 2.39. The van der Waals surface area contributed by atoms with Gasteiger partial charge >= 0.3 is 12.1 Å². The van der Waals surface area contributed by atoms with Crippen LogP contribution in [0.3, 0.4) is 0 Å². The maximum Gasteiger partial charge on any atom is 0.410 e. The number of likely N-dealkylation sites (tertiary alicyclic amines) is 2. The summed E-state index contributed by atoms with van der Waals surface area (Å²) in [6, 6.07) is 2.55. The minimum Gasteiger partial charge on any atom is -0.469 e. The first-order chi connectivity index (χ1) is 16.7. The molecule has 1 aromatic heterocycles. The molecule has 14 heteroatoms. The first-order valence-corrected chi connectivity index (χ1v) is 12.1. The van der Waals surface area contributed by atoms with Crippen LogP contribution < -0.4 is 25.8 Å². The van der Waals surface area contributed by atoms with Crippen molar-refractivity contribution in [2.24, 2.45) is 5.73 Å². The van der Waals surface area contributed by atoms with Crippen LogP contribution in [-0.2, 0) is 6.61 Å². The third kappa shape index (κ3) is 6.10. The summed E-state index contributed by atoms with van der Waals surface area (Å²) in [5, 5.41) is 5.22. The number of halogens is 3. The van der Waals surface area contributed by atoms with Crippen LogP contribution in [0.15, 0.2) is 12.1 Å². The molecule has 1 aromatic carbocycles. The molecule has 2 fully saturated rings. The molecule has 3 amide bonds. The average Bonchev–Trinajstić information content (AvgIpc) is 3.45. The quantitative estimate of drug-likeness (QED) is 0.426. The van der Waals surface area contributed by atoms with Gasteiger partial charge in [0.05, 0.1) is 5.56 Å². The molecule has 2 unspecified atom stereocenters. The first-order valence-electron chi connectivity index (χ1n) is 10.9. The Morgan fingerprint density at radius 1 is 1.29 bits per heavy atom. The maximum absolute atomic E-state index is 14.0. The highest BCUT2D eigenvalue weighted by Gasteiger charge is 2.40. The molecule has 190 valence electrons. The highest BCUT2D eigenvalue weighted by molar-refractivity contribution is 7.11. The SMILES string of the molecule is CN1CC2CC1CN2CCCNC(=O)Nc1snc(OCc2c(F)cc(Cl)cc2F)c1OC(N)=O. The Bertz CT molecular complexity index is 1080. The van der Waals surface area contributed by atoms with E-state index in [1.807, 2.05) is 0 Å². The third-order valence-corrected chi connectivity index (χ3v) is 6.99. The number of primary amides is 1. The molecule has 2 aromatic rings. The van der Waals surface area contributed by atoms with E-state index in [-0.39, 0.29) is 21.7 Å². The Morgan fingerprint density at radius 3 is 2.66 bits per heavy atom. The van der Waals surface area contributed by atoms with Crippen LogP contribution in [0.2, 0.25) is 5.02 Å². The number of likely N-dealkylation sites (N-methyl/N-ethyl adjacent to an activating group) is 1. The van der Waals surface area contributed by atoms with E-state index in [0.717, 1.165) is 49.7 Å². The topological polar surface area (TPSA) is 122 Å². The van der Waals surface area contributed by atoms with Gasteiger partial charge in [0.1, 0.15) is 18.2 Å². The zero-order chi connectivity index (χ0) is 25.1. The van der Waals surface area contributed by atoms with Crippen molar-refractivity contribution in [3.63, 3.8) is 0 Å². The van der Waals surface area contributed by atoms with Crippen LogP contribution in [0.4, 0.5) is 23.4 Å². The van der Waals surface area contributed by atoms with Gasteiger partial charge < -0.3 is 25.4 Å².